The second kappa shape index (κ2) is 7.90. The Hall–Kier alpha value is -1.70. The van der Waals surface area contributed by atoms with Gasteiger partial charge in [0.25, 0.3) is 0 Å². The van der Waals surface area contributed by atoms with E-state index in [2.05, 4.69) is 45.0 Å². The molecular formula is C24H32O2. The van der Waals surface area contributed by atoms with Gasteiger partial charge in [-0.1, -0.05) is 70.9 Å². The third-order valence-corrected chi connectivity index (χ3v) is 6.97. The van der Waals surface area contributed by atoms with Crippen LogP contribution in [0.1, 0.15) is 58.9 Å². The highest BCUT2D eigenvalue weighted by Gasteiger charge is 2.48. The molecular weight excluding hydrogens is 320 g/mol. The molecule has 140 valence electrons. The van der Waals surface area contributed by atoms with E-state index in [4.69, 9.17) is 0 Å². The highest BCUT2D eigenvalue weighted by Crippen LogP contribution is 2.51. The fraction of sp³-hybridized carbons (Fsp3) is 0.583. The number of hydrogen-bond donors (Lipinski definition) is 0. The fourth-order valence-electron chi connectivity index (χ4n) is 5.32. The van der Waals surface area contributed by atoms with Gasteiger partial charge in [0.2, 0.25) is 0 Å². The number of rotatable bonds is 6. The van der Waals surface area contributed by atoms with Gasteiger partial charge in [-0.05, 0) is 53.2 Å². The molecule has 2 nitrogen and oxygen atoms in total. The monoisotopic (exact) mass is 352 g/mol. The molecule has 4 atom stereocenters. The average molecular weight is 353 g/mol. The lowest BCUT2D eigenvalue weighted by molar-refractivity contribution is -0.128. The molecule has 0 N–H and O–H groups in total. The molecule has 0 radical (unpaired) electrons. The molecule has 0 amide bonds. The number of Topliss-reactive ketones (excluding diaryl/α,β-unsaturated/α-hetero) is 2. The van der Waals surface area contributed by atoms with E-state index in [0.717, 1.165) is 18.4 Å². The molecule has 1 aromatic rings. The molecule has 0 saturated carbocycles. The Labute approximate surface area is 158 Å². The second-order valence-electron chi connectivity index (χ2n) is 8.32. The van der Waals surface area contributed by atoms with Crippen LogP contribution in [-0.4, -0.2) is 11.6 Å². The minimum atomic E-state index is -0.0809. The first-order valence-corrected chi connectivity index (χ1v) is 10.3. The summed E-state index contributed by atoms with van der Waals surface area (Å²) in [5.74, 6) is 1.91. The first kappa shape index (κ1) is 19.1. The topological polar surface area (TPSA) is 34.1 Å². The molecule has 0 fully saturated rings. The third kappa shape index (κ3) is 3.43. The van der Waals surface area contributed by atoms with Crippen LogP contribution in [0.15, 0.2) is 41.5 Å². The van der Waals surface area contributed by atoms with Crippen molar-refractivity contribution in [3.8, 4) is 0 Å². The van der Waals surface area contributed by atoms with Gasteiger partial charge in [0.05, 0.1) is 6.42 Å². The number of ketones is 2. The zero-order valence-corrected chi connectivity index (χ0v) is 16.6. The molecule has 0 aromatic heterocycles. The Bertz CT molecular complexity index is 696. The summed E-state index contributed by atoms with van der Waals surface area (Å²) in [6.45, 7) is 8.81. The summed E-state index contributed by atoms with van der Waals surface area (Å²) in [4.78, 5) is 25.2. The molecule has 2 aliphatic carbocycles. The van der Waals surface area contributed by atoms with Gasteiger partial charge in [0, 0.05) is 5.92 Å². The van der Waals surface area contributed by atoms with Crippen molar-refractivity contribution >= 4 is 11.6 Å². The van der Waals surface area contributed by atoms with Crippen molar-refractivity contribution in [2.75, 3.05) is 0 Å². The molecule has 0 heterocycles. The van der Waals surface area contributed by atoms with E-state index in [9.17, 15) is 9.59 Å². The van der Waals surface area contributed by atoms with E-state index in [1.807, 2.05) is 13.0 Å². The number of carbonyl (C=O) groups is 2. The molecule has 2 aliphatic rings. The largest absolute Gasteiger partial charge is 0.299 e. The maximum Gasteiger partial charge on any atom is 0.166 e. The second-order valence-corrected chi connectivity index (χ2v) is 8.32. The SMILES string of the molecule is CCC(CC)CC1C(C)C2=C(C(=O)CC(=O)C2C)C1Cc1ccccc1. The zero-order valence-electron chi connectivity index (χ0n) is 16.6. The lowest BCUT2D eigenvalue weighted by atomic mass is 9.75. The summed E-state index contributed by atoms with van der Waals surface area (Å²) in [6.07, 6.45) is 4.56. The van der Waals surface area contributed by atoms with Gasteiger partial charge >= 0.3 is 0 Å². The van der Waals surface area contributed by atoms with Crippen LogP contribution in [0.2, 0.25) is 0 Å². The summed E-state index contributed by atoms with van der Waals surface area (Å²) in [5.41, 5.74) is 3.48. The maximum absolute atomic E-state index is 12.9. The summed E-state index contributed by atoms with van der Waals surface area (Å²) in [6, 6.07) is 10.5. The minimum Gasteiger partial charge on any atom is -0.299 e. The Morgan fingerprint density at radius 2 is 1.69 bits per heavy atom. The van der Waals surface area contributed by atoms with Crippen molar-refractivity contribution in [3.05, 3.63) is 47.0 Å². The highest BCUT2D eigenvalue weighted by molar-refractivity contribution is 6.13. The molecule has 0 saturated heterocycles. The van der Waals surface area contributed by atoms with E-state index in [-0.39, 0.29) is 29.8 Å². The Morgan fingerprint density at radius 1 is 1.04 bits per heavy atom. The minimum absolute atomic E-state index is 0.0809. The van der Waals surface area contributed by atoms with Gasteiger partial charge in [0.15, 0.2) is 5.78 Å². The average Bonchev–Trinajstić information content (AvgIpc) is 2.91. The van der Waals surface area contributed by atoms with Crippen LogP contribution in [0.3, 0.4) is 0 Å². The first-order valence-electron chi connectivity index (χ1n) is 10.3. The van der Waals surface area contributed by atoms with E-state index < -0.39 is 0 Å². The normalized spacial score (nSPS) is 28.8. The highest BCUT2D eigenvalue weighted by atomic mass is 16.1. The molecule has 0 bridgehead atoms. The van der Waals surface area contributed by atoms with Crippen molar-refractivity contribution in [2.45, 2.75) is 59.8 Å². The van der Waals surface area contributed by atoms with Crippen molar-refractivity contribution < 1.29 is 9.59 Å². The van der Waals surface area contributed by atoms with Gasteiger partial charge in [-0.3, -0.25) is 9.59 Å². The van der Waals surface area contributed by atoms with Gasteiger partial charge in [-0.2, -0.15) is 0 Å². The van der Waals surface area contributed by atoms with Crippen molar-refractivity contribution in [2.24, 2.45) is 29.6 Å². The summed E-state index contributed by atoms with van der Waals surface area (Å²) in [5, 5.41) is 0. The molecule has 0 spiro atoms. The summed E-state index contributed by atoms with van der Waals surface area (Å²) < 4.78 is 0. The van der Waals surface area contributed by atoms with Gasteiger partial charge in [-0.15, -0.1) is 0 Å². The van der Waals surface area contributed by atoms with Gasteiger partial charge in [0.1, 0.15) is 5.78 Å². The van der Waals surface area contributed by atoms with Crippen LogP contribution in [0.25, 0.3) is 0 Å². The summed E-state index contributed by atoms with van der Waals surface area (Å²) in [7, 11) is 0. The first-order chi connectivity index (χ1) is 12.5. The zero-order chi connectivity index (χ0) is 18.8. The van der Waals surface area contributed by atoms with Crippen molar-refractivity contribution in [1.29, 1.82) is 0 Å². The van der Waals surface area contributed by atoms with Crippen LogP contribution in [0.4, 0.5) is 0 Å². The third-order valence-electron chi connectivity index (χ3n) is 6.97. The predicted octanol–water partition coefficient (Wildman–Crippen LogP) is 5.41. The maximum atomic E-state index is 12.9. The van der Waals surface area contributed by atoms with E-state index in [0.29, 0.717) is 17.8 Å². The quantitative estimate of drug-likeness (QED) is 0.641. The van der Waals surface area contributed by atoms with Gasteiger partial charge < -0.3 is 0 Å². The summed E-state index contributed by atoms with van der Waals surface area (Å²) >= 11 is 0. The van der Waals surface area contributed by atoms with Crippen molar-refractivity contribution in [1.82, 2.24) is 0 Å². The molecule has 4 unspecified atom stereocenters. The van der Waals surface area contributed by atoms with Crippen LogP contribution in [0.5, 0.6) is 0 Å². The molecule has 0 aliphatic heterocycles. The predicted molar refractivity (Wildman–Crippen MR) is 106 cm³/mol. The lowest BCUT2D eigenvalue weighted by Crippen LogP contribution is -2.28. The smallest absolute Gasteiger partial charge is 0.166 e. The number of benzene rings is 1. The number of carbonyl (C=O) groups excluding carboxylic acids is 2. The molecule has 3 rings (SSSR count). The number of allylic oxidation sites excluding steroid dienone is 2. The fourth-order valence-corrected chi connectivity index (χ4v) is 5.32. The lowest BCUT2D eigenvalue weighted by Gasteiger charge is -2.29. The molecule has 1 aromatic carbocycles. The van der Waals surface area contributed by atoms with E-state index in [1.54, 1.807) is 0 Å². The molecule has 26 heavy (non-hydrogen) atoms. The van der Waals surface area contributed by atoms with Crippen LogP contribution < -0.4 is 0 Å². The standard InChI is InChI=1S/C24H32O2/c1-5-17(6-2)12-19-15(3)23-16(4)21(25)14-22(26)24(23)20(19)13-18-10-8-7-9-11-18/h7-11,15-17,19-20H,5-6,12-14H2,1-4H3. The van der Waals surface area contributed by atoms with Crippen LogP contribution in [-0.2, 0) is 16.0 Å². The Kier molecular flexibility index (Phi) is 5.79. The van der Waals surface area contributed by atoms with E-state index >= 15 is 0 Å². The molecule has 2 heteroatoms. The van der Waals surface area contributed by atoms with Crippen LogP contribution >= 0.6 is 0 Å². The van der Waals surface area contributed by atoms with Crippen molar-refractivity contribution in [3.63, 3.8) is 0 Å². The van der Waals surface area contributed by atoms with E-state index in [1.165, 1.54) is 24.0 Å². The van der Waals surface area contributed by atoms with Gasteiger partial charge in [-0.25, -0.2) is 0 Å². The Balaban J connectivity index is 1.99. The number of hydrogen-bond acceptors (Lipinski definition) is 2. The van der Waals surface area contributed by atoms with Crippen LogP contribution in [0, 0.1) is 29.6 Å². The Morgan fingerprint density at radius 3 is 2.31 bits per heavy atom.